The number of halogens is 4. The van der Waals surface area contributed by atoms with E-state index in [9.17, 15) is 18.0 Å². The Hall–Kier alpha value is -1.27. The van der Waals surface area contributed by atoms with Crippen molar-refractivity contribution in [2.75, 3.05) is 6.54 Å². The Labute approximate surface area is 122 Å². The zero-order valence-corrected chi connectivity index (χ0v) is 11.9. The third-order valence-electron chi connectivity index (χ3n) is 2.60. The van der Waals surface area contributed by atoms with Crippen LogP contribution in [0, 0.1) is 0 Å². The van der Waals surface area contributed by atoms with Crippen molar-refractivity contribution in [3.8, 4) is 0 Å². The second kappa shape index (κ2) is 8.11. The van der Waals surface area contributed by atoms with Crippen LogP contribution in [-0.4, -0.2) is 18.5 Å². The molecule has 1 rings (SSSR count). The molecule has 0 aliphatic carbocycles. The van der Waals surface area contributed by atoms with E-state index in [1.165, 1.54) is 12.1 Å². The highest BCUT2D eigenvalue weighted by Crippen LogP contribution is 2.29. The SMILES string of the molecule is CC(Cc1ccc(C(F)(F)F)cc1)NC(=O)CCN.Cl. The van der Waals surface area contributed by atoms with Crippen LogP contribution in [0.15, 0.2) is 24.3 Å². The Kier molecular flexibility index (Phi) is 7.60. The molecule has 3 N–H and O–H groups in total. The third kappa shape index (κ3) is 6.25. The molecule has 3 nitrogen and oxygen atoms in total. The summed E-state index contributed by atoms with van der Waals surface area (Å²) < 4.78 is 37.1. The molecule has 20 heavy (non-hydrogen) atoms. The van der Waals surface area contributed by atoms with Crippen molar-refractivity contribution in [2.24, 2.45) is 5.73 Å². The van der Waals surface area contributed by atoms with Gasteiger partial charge in [-0.1, -0.05) is 12.1 Å². The number of hydrogen-bond donors (Lipinski definition) is 2. The molecule has 1 aromatic rings. The maximum Gasteiger partial charge on any atom is 0.416 e. The Morgan fingerprint density at radius 1 is 1.30 bits per heavy atom. The molecular weight excluding hydrogens is 293 g/mol. The van der Waals surface area contributed by atoms with Crippen LogP contribution in [0.4, 0.5) is 13.2 Å². The predicted octanol–water partition coefficient (Wildman–Crippen LogP) is 2.52. The van der Waals surface area contributed by atoms with Crippen LogP contribution in [0.25, 0.3) is 0 Å². The fourth-order valence-electron chi connectivity index (χ4n) is 1.71. The molecular formula is C13H18ClF3N2O. The summed E-state index contributed by atoms with van der Waals surface area (Å²) in [5.74, 6) is -0.151. The van der Waals surface area contributed by atoms with Gasteiger partial charge in [-0.25, -0.2) is 0 Å². The van der Waals surface area contributed by atoms with E-state index < -0.39 is 11.7 Å². The Balaban J connectivity index is 0.00000361. The molecule has 1 atom stereocenters. The normalized spacial score (nSPS) is 12.4. The quantitative estimate of drug-likeness (QED) is 0.878. The summed E-state index contributed by atoms with van der Waals surface area (Å²) in [6, 6.07) is 4.80. The molecule has 0 aliphatic heterocycles. The fraction of sp³-hybridized carbons (Fsp3) is 0.462. The van der Waals surface area contributed by atoms with Crippen molar-refractivity contribution in [1.29, 1.82) is 0 Å². The van der Waals surface area contributed by atoms with E-state index in [0.717, 1.165) is 17.7 Å². The number of benzene rings is 1. The van der Waals surface area contributed by atoms with Gasteiger partial charge in [-0.3, -0.25) is 4.79 Å². The van der Waals surface area contributed by atoms with Crippen molar-refractivity contribution < 1.29 is 18.0 Å². The van der Waals surface area contributed by atoms with Gasteiger partial charge in [0.1, 0.15) is 0 Å². The van der Waals surface area contributed by atoms with E-state index in [2.05, 4.69) is 5.32 Å². The highest BCUT2D eigenvalue weighted by atomic mass is 35.5. The number of amides is 1. The van der Waals surface area contributed by atoms with Gasteiger partial charge in [-0.05, 0) is 31.0 Å². The van der Waals surface area contributed by atoms with Crippen LogP contribution in [0.5, 0.6) is 0 Å². The van der Waals surface area contributed by atoms with Crippen LogP contribution >= 0.6 is 12.4 Å². The average molecular weight is 311 g/mol. The fourth-order valence-corrected chi connectivity index (χ4v) is 1.71. The molecule has 0 heterocycles. The maximum absolute atomic E-state index is 12.4. The Morgan fingerprint density at radius 3 is 2.30 bits per heavy atom. The molecule has 1 unspecified atom stereocenters. The van der Waals surface area contributed by atoms with Gasteiger partial charge in [0.25, 0.3) is 0 Å². The molecule has 0 spiro atoms. The predicted molar refractivity (Wildman–Crippen MR) is 73.7 cm³/mol. The third-order valence-corrected chi connectivity index (χ3v) is 2.60. The first-order valence-corrected chi connectivity index (χ1v) is 5.98. The zero-order valence-electron chi connectivity index (χ0n) is 11.0. The molecule has 1 amide bonds. The molecule has 0 saturated carbocycles. The number of rotatable bonds is 5. The van der Waals surface area contributed by atoms with Crippen LogP contribution < -0.4 is 11.1 Å². The summed E-state index contributed by atoms with van der Waals surface area (Å²) >= 11 is 0. The second-order valence-electron chi connectivity index (χ2n) is 4.41. The zero-order chi connectivity index (χ0) is 14.5. The number of nitrogens with one attached hydrogen (secondary N) is 1. The van der Waals surface area contributed by atoms with Crippen molar-refractivity contribution in [1.82, 2.24) is 5.32 Å². The Morgan fingerprint density at radius 2 is 1.85 bits per heavy atom. The standard InChI is InChI=1S/C13H17F3N2O.ClH/c1-9(18-12(19)6-7-17)8-10-2-4-11(5-3-10)13(14,15)16;/h2-5,9H,6-8,17H2,1H3,(H,18,19);1H. The molecule has 7 heteroatoms. The van der Waals surface area contributed by atoms with E-state index >= 15 is 0 Å². The summed E-state index contributed by atoms with van der Waals surface area (Å²) in [6.07, 6.45) is -3.59. The summed E-state index contributed by atoms with van der Waals surface area (Å²) in [5.41, 5.74) is 5.32. The van der Waals surface area contributed by atoms with Gasteiger partial charge in [-0.2, -0.15) is 13.2 Å². The average Bonchev–Trinajstić information content (AvgIpc) is 2.28. The Bertz CT molecular complexity index is 421. The lowest BCUT2D eigenvalue weighted by Crippen LogP contribution is -2.35. The van der Waals surface area contributed by atoms with Crippen LogP contribution in [0.1, 0.15) is 24.5 Å². The van der Waals surface area contributed by atoms with Crippen molar-refractivity contribution >= 4 is 18.3 Å². The molecule has 114 valence electrons. The molecule has 0 radical (unpaired) electrons. The lowest BCUT2D eigenvalue weighted by molar-refractivity contribution is -0.137. The number of carbonyl (C=O) groups excluding carboxylic acids is 1. The topological polar surface area (TPSA) is 55.1 Å². The van der Waals surface area contributed by atoms with Crippen molar-refractivity contribution in [2.45, 2.75) is 32.0 Å². The van der Waals surface area contributed by atoms with Gasteiger partial charge >= 0.3 is 6.18 Å². The summed E-state index contributed by atoms with van der Waals surface area (Å²) in [7, 11) is 0. The minimum Gasteiger partial charge on any atom is -0.353 e. The van der Waals surface area contributed by atoms with Gasteiger partial charge in [-0.15, -0.1) is 12.4 Å². The number of nitrogens with two attached hydrogens (primary N) is 1. The minimum absolute atomic E-state index is 0. The first kappa shape index (κ1) is 18.7. The number of alkyl halides is 3. The molecule has 1 aromatic carbocycles. The highest BCUT2D eigenvalue weighted by molar-refractivity contribution is 5.85. The molecule has 0 fully saturated rings. The number of hydrogen-bond acceptors (Lipinski definition) is 2. The molecule has 0 saturated heterocycles. The highest BCUT2D eigenvalue weighted by Gasteiger charge is 2.29. The summed E-state index contributed by atoms with van der Waals surface area (Å²) in [6.45, 7) is 2.07. The van der Waals surface area contributed by atoms with E-state index in [-0.39, 0.29) is 37.3 Å². The lowest BCUT2D eigenvalue weighted by atomic mass is 10.0. The van der Waals surface area contributed by atoms with Gasteiger partial charge in [0, 0.05) is 19.0 Å². The van der Waals surface area contributed by atoms with Crippen LogP contribution in [0.2, 0.25) is 0 Å². The van der Waals surface area contributed by atoms with E-state index in [1.807, 2.05) is 0 Å². The molecule has 0 aromatic heterocycles. The first-order chi connectivity index (χ1) is 8.82. The van der Waals surface area contributed by atoms with Gasteiger partial charge in [0.2, 0.25) is 5.91 Å². The second-order valence-corrected chi connectivity index (χ2v) is 4.41. The van der Waals surface area contributed by atoms with E-state index in [0.29, 0.717) is 6.42 Å². The number of carbonyl (C=O) groups is 1. The maximum atomic E-state index is 12.4. The van der Waals surface area contributed by atoms with Crippen molar-refractivity contribution in [3.63, 3.8) is 0 Å². The van der Waals surface area contributed by atoms with Crippen molar-refractivity contribution in [3.05, 3.63) is 35.4 Å². The summed E-state index contributed by atoms with van der Waals surface area (Å²) in [4.78, 5) is 11.3. The smallest absolute Gasteiger partial charge is 0.353 e. The van der Waals surface area contributed by atoms with E-state index in [1.54, 1.807) is 6.92 Å². The largest absolute Gasteiger partial charge is 0.416 e. The van der Waals surface area contributed by atoms with Crippen LogP contribution in [-0.2, 0) is 17.4 Å². The monoisotopic (exact) mass is 310 g/mol. The van der Waals surface area contributed by atoms with Gasteiger partial charge in [0.05, 0.1) is 5.56 Å². The summed E-state index contributed by atoms with van der Waals surface area (Å²) in [5, 5.41) is 2.73. The van der Waals surface area contributed by atoms with Crippen LogP contribution in [0.3, 0.4) is 0 Å². The first-order valence-electron chi connectivity index (χ1n) is 5.98. The lowest BCUT2D eigenvalue weighted by Gasteiger charge is -2.14. The van der Waals surface area contributed by atoms with E-state index in [4.69, 9.17) is 5.73 Å². The van der Waals surface area contributed by atoms with Gasteiger partial charge in [0.15, 0.2) is 0 Å². The minimum atomic E-state index is -4.32. The van der Waals surface area contributed by atoms with Gasteiger partial charge < -0.3 is 11.1 Å². The molecule has 0 bridgehead atoms. The molecule has 0 aliphatic rings.